The van der Waals surface area contributed by atoms with Crippen molar-refractivity contribution < 1.29 is 4.74 Å². The molecule has 0 bridgehead atoms. The van der Waals surface area contributed by atoms with Crippen LogP contribution in [-0.4, -0.2) is 38.8 Å². The number of hydrogen-bond acceptors (Lipinski definition) is 3. The van der Waals surface area contributed by atoms with E-state index in [1.165, 1.54) is 18.6 Å². The Morgan fingerprint density at radius 3 is 2.64 bits per heavy atom. The first-order valence-corrected chi connectivity index (χ1v) is 6.76. The quantitative estimate of drug-likeness (QED) is 0.602. The van der Waals surface area contributed by atoms with Gasteiger partial charge in [0.15, 0.2) is 0 Å². The molecular formula is C11H25NOS. The third kappa shape index (κ3) is 6.68. The van der Waals surface area contributed by atoms with Crippen LogP contribution < -0.4 is 5.32 Å². The zero-order valence-electron chi connectivity index (χ0n) is 10.1. The average Bonchev–Trinajstić information content (AvgIpc) is 2.22. The Bertz CT molecular complexity index is 132. The highest BCUT2D eigenvalue weighted by Crippen LogP contribution is 2.26. The molecule has 0 rings (SSSR count). The molecule has 86 valence electrons. The Balaban J connectivity index is 3.63. The molecule has 0 fully saturated rings. The first-order chi connectivity index (χ1) is 6.68. The van der Waals surface area contributed by atoms with E-state index in [1.54, 1.807) is 7.11 Å². The number of methoxy groups -OCH3 is 1. The molecule has 1 unspecified atom stereocenters. The van der Waals surface area contributed by atoms with Gasteiger partial charge in [-0.15, -0.1) is 0 Å². The standard InChI is InChI=1S/C11H25NOS/c1-5-11(2,6-9-14-4)10-12-7-8-13-3/h12H,5-10H2,1-4H3. The van der Waals surface area contributed by atoms with Crippen LogP contribution in [0.15, 0.2) is 0 Å². The second-order valence-electron chi connectivity index (χ2n) is 4.08. The largest absolute Gasteiger partial charge is 0.383 e. The Morgan fingerprint density at radius 2 is 2.14 bits per heavy atom. The van der Waals surface area contributed by atoms with Gasteiger partial charge >= 0.3 is 0 Å². The summed E-state index contributed by atoms with van der Waals surface area (Å²) in [4.78, 5) is 0. The van der Waals surface area contributed by atoms with Gasteiger partial charge in [-0.3, -0.25) is 0 Å². The van der Waals surface area contributed by atoms with Gasteiger partial charge in [-0.1, -0.05) is 13.8 Å². The van der Waals surface area contributed by atoms with E-state index in [2.05, 4.69) is 25.4 Å². The summed E-state index contributed by atoms with van der Waals surface area (Å²) in [6, 6.07) is 0. The summed E-state index contributed by atoms with van der Waals surface area (Å²) in [7, 11) is 1.74. The first kappa shape index (κ1) is 14.3. The van der Waals surface area contributed by atoms with Gasteiger partial charge in [-0.25, -0.2) is 0 Å². The molecule has 1 N–H and O–H groups in total. The van der Waals surface area contributed by atoms with Gasteiger partial charge in [-0.05, 0) is 30.3 Å². The minimum absolute atomic E-state index is 0.455. The Labute approximate surface area is 93.2 Å². The number of rotatable bonds is 9. The lowest BCUT2D eigenvalue weighted by Crippen LogP contribution is -2.33. The molecule has 0 saturated carbocycles. The van der Waals surface area contributed by atoms with Crippen molar-refractivity contribution in [2.24, 2.45) is 5.41 Å². The van der Waals surface area contributed by atoms with Crippen LogP contribution in [0, 0.1) is 5.41 Å². The molecule has 1 atom stereocenters. The predicted octanol–water partition coefficient (Wildman–Crippen LogP) is 2.39. The molecular weight excluding hydrogens is 194 g/mol. The number of ether oxygens (including phenoxy) is 1. The molecule has 0 saturated heterocycles. The fourth-order valence-corrected chi connectivity index (χ4v) is 2.00. The molecule has 14 heavy (non-hydrogen) atoms. The van der Waals surface area contributed by atoms with Crippen LogP contribution in [0.25, 0.3) is 0 Å². The van der Waals surface area contributed by atoms with Crippen LogP contribution in [0.3, 0.4) is 0 Å². The van der Waals surface area contributed by atoms with Crippen LogP contribution in [-0.2, 0) is 4.74 Å². The molecule has 0 aromatic carbocycles. The van der Waals surface area contributed by atoms with Crippen molar-refractivity contribution in [3.8, 4) is 0 Å². The lowest BCUT2D eigenvalue weighted by atomic mass is 9.84. The minimum Gasteiger partial charge on any atom is -0.383 e. The molecule has 0 aliphatic heterocycles. The van der Waals surface area contributed by atoms with Gasteiger partial charge in [0.2, 0.25) is 0 Å². The Morgan fingerprint density at radius 1 is 1.43 bits per heavy atom. The van der Waals surface area contributed by atoms with E-state index >= 15 is 0 Å². The van der Waals surface area contributed by atoms with Gasteiger partial charge in [0.25, 0.3) is 0 Å². The minimum atomic E-state index is 0.455. The maximum absolute atomic E-state index is 5.00. The lowest BCUT2D eigenvalue weighted by molar-refractivity contribution is 0.190. The predicted molar refractivity (Wildman–Crippen MR) is 66.1 cm³/mol. The molecule has 0 heterocycles. The topological polar surface area (TPSA) is 21.3 Å². The van der Waals surface area contributed by atoms with E-state index < -0.39 is 0 Å². The van der Waals surface area contributed by atoms with E-state index in [-0.39, 0.29) is 0 Å². The zero-order chi connectivity index (χ0) is 10.9. The molecule has 2 nitrogen and oxygen atoms in total. The summed E-state index contributed by atoms with van der Waals surface area (Å²) >= 11 is 1.94. The molecule has 0 radical (unpaired) electrons. The normalized spacial score (nSPS) is 15.4. The second-order valence-corrected chi connectivity index (χ2v) is 5.06. The molecule has 0 aliphatic carbocycles. The first-order valence-electron chi connectivity index (χ1n) is 5.37. The Kier molecular flexibility index (Phi) is 8.73. The van der Waals surface area contributed by atoms with Crippen molar-refractivity contribution in [1.82, 2.24) is 5.32 Å². The molecule has 0 amide bonds. The van der Waals surface area contributed by atoms with Gasteiger partial charge in [0.1, 0.15) is 0 Å². The maximum Gasteiger partial charge on any atom is 0.0587 e. The maximum atomic E-state index is 5.00. The van der Waals surface area contributed by atoms with Crippen molar-refractivity contribution >= 4 is 11.8 Å². The lowest BCUT2D eigenvalue weighted by Gasteiger charge is -2.28. The third-order valence-electron chi connectivity index (χ3n) is 2.80. The summed E-state index contributed by atoms with van der Waals surface area (Å²) in [5.41, 5.74) is 0.455. The van der Waals surface area contributed by atoms with E-state index in [0.717, 1.165) is 19.7 Å². The highest BCUT2D eigenvalue weighted by atomic mass is 32.2. The molecule has 3 heteroatoms. The van der Waals surface area contributed by atoms with Crippen molar-refractivity contribution in [1.29, 1.82) is 0 Å². The van der Waals surface area contributed by atoms with Gasteiger partial charge in [-0.2, -0.15) is 11.8 Å². The summed E-state index contributed by atoms with van der Waals surface area (Å²) in [6.45, 7) is 7.52. The monoisotopic (exact) mass is 219 g/mol. The van der Waals surface area contributed by atoms with Crippen molar-refractivity contribution in [3.05, 3.63) is 0 Å². The fourth-order valence-electron chi connectivity index (χ4n) is 1.30. The van der Waals surface area contributed by atoms with Gasteiger partial charge in [0.05, 0.1) is 6.61 Å². The van der Waals surface area contributed by atoms with Crippen molar-refractivity contribution in [2.45, 2.75) is 26.7 Å². The highest BCUT2D eigenvalue weighted by Gasteiger charge is 2.20. The number of hydrogen-bond donors (Lipinski definition) is 1. The average molecular weight is 219 g/mol. The summed E-state index contributed by atoms with van der Waals surface area (Å²) < 4.78 is 5.00. The van der Waals surface area contributed by atoms with Crippen LogP contribution in [0.5, 0.6) is 0 Å². The van der Waals surface area contributed by atoms with E-state index in [9.17, 15) is 0 Å². The molecule has 0 aromatic heterocycles. The Hall–Kier alpha value is 0.270. The smallest absolute Gasteiger partial charge is 0.0587 e. The van der Waals surface area contributed by atoms with Crippen LogP contribution in [0.1, 0.15) is 26.7 Å². The van der Waals surface area contributed by atoms with Crippen molar-refractivity contribution in [2.75, 3.05) is 38.8 Å². The van der Waals surface area contributed by atoms with Crippen molar-refractivity contribution in [3.63, 3.8) is 0 Å². The number of thioether (sulfide) groups is 1. The summed E-state index contributed by atoms with van der Waals surface area (Å²) in [6.07, 6.45) is 4.71. The molecule has 0 spiro atoms. The third-order valence-corrected chi connectivity index (χ3v) is 3.41. The summed E-state index contributed by atoms with van der Waals surface area (Å²) in [5.74, 6) is 1.26. The highest BCUT2D eigenvalue weighted by molar-refractivity contribution is 7.98. The number of nitrogens with one attached hydrogen (secondary N) is 1. The second kappa shape index (κ2) is 8.57. The van der Waals surface area contributed by atoms with Gasteiger partial charge in [0, 0.05) is 20.2 Å². The summed E-state index contributed by atoms with van der Waals surface area (Å²) in [5, 5.41) is 3.45. The van der Waals surface area contributed by atoms with Gasteiger partial charge < -0.3 is 10.1 Å². The SMILES string of the molecule is CCC(C)(CCSC)CNCCOC. The van der Waals surface area contributed by atoms with Crippen LogP contribution >= 0.6 is 11.8 Å². The fraction of sp³-hybridized carbons (Fsp3) is 1.00. The zero-order valence-corrected chi connectivity index (χ0v) is 10.9. The van der Waals surface area contributed by atoms with E-state index in [4.69, 9.17) is 4.74 Å². The van der Waals surface area contributed by atoms with E-state index in [0.29, 0.717) is 5.41 Å². The van der Waals surface area contributed by atoms with Crippen LogP contribution in [0.4, 0.5) is 0 Å². The van der Waals surface area contributed by atoms with E-state index in [1.807, 2.05) is 11.8 Å². The molecule has 0 aliphatic rings. The van der Waals surface area contributed by atoms with Crippen LogP contribution in [0.2, 0.25) is 0 Å². The molecule has 0 aromatic rings.